The monoisotopic (exact) mass is 318 g/mol. The predicted molar refractivity (Wildman–Crippen MR) is 85.9 cm³/mol. The van der Waals surface area contributed by atoms with Gasteiger partial charge in [0.2, 0.25) is 0 Å². The van der Waals surface area contributed by atoms with E-state index in [1.54, 1.807) is 6.20 Å². The van der Waals surface area contributed by atoms with Gasteiger partial charge < -0.3 is 4.90 Å². The van der Waals surface area contributed by atoms with Crippen LogP contribution in [0.1, 0.15) is 12.0 Å². The fourth-order valence-corrected chi connectivity index (χ4v) is 2.85. The summed E-state index contributed by atoms with van der Waals surface area (Å²) in [6, 6.07) is 10.3. The highest BCUT2D eigenvalue weighted by Gasteiger charge is 2.20. The van der Waals surface area contributed by atoms with Gasteiger partial charge in [-0.1, -0.05) is 41.9 Å². The van der Waals surface area contributed by atoms with E-state index in [1.165, 1.54) is 16.4 Å². The second-order valence-electron chi connectivity index (χ2n) is 5.49. The smallest absolute Gasteiger partial charge is 0.322 e. The maximum Gasteiger partial charge on any atom is 0.344 e. The highest BCUT2D eigenvalue weighted by molar-refractivity contribution is 6.30. The number of carbonyl (C=O) groups excluding carboxylic acids is 1. The van der Waals surface area contributed by atoms with E-state index in [0.717, 1.165) is 32.6 Å². The molecule has 1 saturated heterocycles. The van der Waals surface area contributed by atoms with Crippen LogP contribution in [-0.2, 0) is 6.54 Å². The predicted octanol–water partition coefficient (Wildman–Crippen LogP) is 2.71. The van der Waals surface area contributed by atoms with Gasteiger partial charge in [-0.15, -0.1) is 0 Å². The molecule has 5 nitrogen and oxygen atoms in total. The minimum atomic E-state index is -0.103. The van der Waals surface area contributed by atoms with Crippen LogP contribution in [0.2, 0.25) is 5.02 Å². The fourth-order valence-electron chi connectivity index (χ4n) is 2.71. The Morgan fingerprint density at radius 2 is 1.95 bits per heavy atom. The van der Waals surface area contributed by atoms with Gasteiger partial charge in [-0.25, -0.2) is 4.79 Å². The molecule has 22 heavy (non-hydrogen) atoms. The topological polar surface area (TPSA) is 41.4 Å². The van der Waals surface area contributed by atoms with E-state index in [4.69, 9.17) is 11.6 Å². The van der Waals surface area contributed by atoms with E-state index >= 15 is 0 Å². The third-order valence-electron chi connectivity index (χ3n) is 3.86. The molecular weight excluding hydrogens is 300 g/mol. The van der Waals surface area contributed by atoms with Crippen LogP contribution in [-0.4, -0.2) is 51.8 Å². The Bertz CT molecular complexity index is 628. The standard InChI is InChI=1S/C16H19ClN4O/c17-15-11-18-21(13-15)16(22)20-8-4-7-19(9-10-20)12-14-5-2-1-3-6-14/h1-3,5-6,11,13H,4,7-10,12H2. The number of benzene rings is 1. The summed E-state index contributed by atoms with van der Waals surface area (Å²) < 4.78 is 1.31. The van der Waals surface area contributed by atoms with Crippen molar-refractivity contribution in [2.24, 2.45) is 0 Å². The van der Waals surface area contributed by atoms with Crippen molar-refractivity contribution in [3.05, 3.63) is 53.3 Å². The van der Waals surface area contributed by atoms with Crippen molar-refractivity contribution < 1.29 is 4.79 Å². The van der Waals surface area contributed by atoms with Gasteiger partial charge in [0, 0.05) is 32.7 Å². The molecule has 2 aromatic rings. The Labute approximate surface area is 135 Å². The van der Waals surface area contributed by atoms with Crippen molar-refractivity contribution in [1.82, 2.24) is 19.6 Å². The lowest BCUT2D eigenvalue weighted by Crippen LogP contribution is -2.38. The lowest BCUT2D eigenvalue weighted by atomic mass is 10.2. The van der Waals surface area contributed by atoms with Crippen LogP contribution in [0.4, 0.5) is 4.79 Å². The molecular formula is C16H19ClN4O. The molecule has 1 fully saturated rings. The van der Waals surface area contributed by atoms with Gasteiger partial charge in [0.05, 0.1) is 17.4 Å². The molecule has 1 aliphatic heterocycles. The molecule has 0 aliphatic carbocycles. The normalized spacial score (nSPS) is 16.5. The fraction of sp³-hybridized carbons (Fsp3) is 0.375. The summed E-state index contributed by atoms with van der Waals surface area (Å²) in [4.78, 5) is 16.6. The summed E-state index contributed by atoms with van der Waals surface area (Å²) in [5.41, 5.74) is 1.31. The first-order valence-corrected chi connectivity index (χ1v) is 7.86. The average molecular weight is 319 g/mol. The van der Waals surface area contributed by atoms with Gasteiger partial charge in [0.15, 0.2) is 0 Å². The maximum atomic E-state index is 12.4. The molecule has 0 bridgehead atoms. The molecule has 1 aliphatic rings. The summed E-state index contributed by atoms with van der Waals surface area (Å²) in [6.07, 6.45) is 4.00. The number of carbonyl (C=O) groups is 1. The largest absolute Gasteiger partial charge is 0.344 e. The molecule has 0 N–H and O–H groups in total. The lowest BCUT2D eigenvalue weighted by molar-refractivity contribution is 0.196. The van der Waals surface area contributed by atoms with Crippen molar-refractivity contribution in [2.75, 3.05) is 26.2 Å². The zero-order valence-corrected chi connectivity index (χ0v) is 13.1. The molecule has 116 valence electrons. The first-order valence-electron chi connectivity index (χ1n) is 7.48. The van der Waals surface area contributed by atoms with Crippen LogP contribution in [0.15, 0.2) is 42.7 Å². The molecule has 0 radical (unpaired) electrons. The Morgan fingerprint density at radius 1 is 1.14 bits per heavy atom. The van der Waals surface area contributed by atoms with Crippen molar-refractivity contribution >= 4 is 17.6 Å². The van der Waals surface area contributed by atoms with Crippen LogP contribution >= 0.6 is 11.6 Å². The lowest BCUT2D eigenvalue weighted by Gasteiger charge is -2.21. The summed E-state index contributed by atoms with van der Waals surface area (Å²) in [5.74, 6) is 0. The van der Waals surface area contributed by atoms with Gasteiger partial charge in [-0.05, 0) is 12.0 Å². The van der Waals surface area contributed by atoms with Gasteiger partial charge in [-0.3, -0.25) is 4.90 Å². The molecule has 2 heterocycles. The quantitative estimate of drug-likeness (QED) is 0.855. The molecule has 6 heteroatoms. The number of rotatable bonds is 2. The van der Waals surface area contributed by atoms with Crippen molar-refractivity contribution in [1.29, 1.82) is 0 Å². The number of amides is 1. The minimum Gasteiger partial charge on any atom is -0.322 e. The SMILES string of the molecule is O=C(N1CCCN(Cc2ccccc2)CC1)n1cc(Cl)cn1. The van der Waals surface area contributed by atoms with Crippen LogP contribution in [0, 0.1) is 0 Å². The third kappa shape index (κ3) is 3.67. The molecule has 3 rings (SSSR count). The maximum absolute atomic E-state index is 12.4. The Morgan fingerprint density at radius 3 is 2.68 bits per heavy atom. The van der Waals surface area contributed by atoms with E-state index in [1.807, 2.05) is 11.0 Å². The zero-order valence-electron chi connectivity index (χ0n) is 12.4. The van der Waals surface area contributed by atoms with Crippen LogP contribution < -0.4 is 0 Å². The van der Waals surface area contributed by atoms with Crippen molar-refractivity contribution in [2.45, 2.75) is 13.0 Å². The van der Waals surface area contributed by atoms with Crippen molar-refractivity contribution in [3.63, 3.8) is 0 Å². The number of hydrogen-bond acceptors (Lipinski definition) is 3. The summed E-state index contributed by atoms with van der Waals surface area (Å²) >= 11 is 5.83. The van der Waals surface area contributed by atoms with Crippen LogP contribution in [0.25, 0.3) is 0 Å². The average Bonchev–Trinajstić information content (AvgIpc) is 2.83. The summed E-state index contributed by atoms with van der Waals surface area (Å²) in [6.45, 7) is 4.26. The molecule has 1 amide bonds. The number of halogens is 1. The van der Waals surface area contributed by atoms with E-state index in [-0.39, 0.29) is 6.03 Å². The molecule has 0 atom stereocenters. The Balaban J connectivity index is 1.59. The minimum absolute atomic E-state index is 0.103. The second-order valence-corrected chi connectivity index (χ2v) is 5.92. The molecule has 1 aromatic heterocycles. The highest BCUT2D eigenvalue weighted by atomic mass is 35.5. The van der Waals surface area contributed by atoms with Gasteiger partial charge in [0.1, 0.15) is 0 Å². The van der Waals surface area contributed by atoms with Gasteiger partial charge in [-0.2, -0.15) is 9.78 Å². The van der Waals surface area contributed by atoms with Crippen molar-refractivity contribution in [3.8, 4) is 0 Å². The van der Waals surface area contributed by atoms with Crippen LogP contribution in [0.3, 0.4) is 0 Å². The van der Waals surface area contributed by atoms with E-state index in [0.29, 0.717) is 11.6 Å². The molecule has 0 unspecified atom stereocenters. The molecule has 0 saturated carbocycles. The second kappa shape index (κ2) is 6.94. The molecule has 0 spiro atoms. The van der Waals surface area contributed by atoms with E-state index in [9.17, 15) is 4.79 Å². The number of nitrogens with zero attached hydrogens (tertiary/aromatic N) is 4. The zero-order chi connectivity index (χ0) is 15.4. The first-order chi connectivity index (χ1) is 10.7. The number of aromatic nitrogens is 2. The molecule has 1 aromatic carbocycles. The van der Waals surface area contributed by atoms with Gasteiger partial charge >= 0.3 is 6.03 Å². The van der Waals surface area contributed by atoms with E-state index in [2.05, 4.69) is 34.3 Å². The van der Waals surface area contributed by atoms with E-state index < -0.39 is 0 Å². The third-order valence-corrected chi connectivity index (χ3v) is 4.05. The number of hydrogen-bond donors (Lipinski definition) is 0. The highest BCUT2D eigenvalue weighted by Crippen LogP contribution is 2.11. The Kier molecular flexibility index (Phi) is 4.75. The van der Waals surface area contributed by atoms with Gasteiger partial charge in [0.25, 0.3) is 0 Å². The summed E-state index contributed by atoms with van der Waals surface area (Å²) in [7, 11) is 0. The first kappa shape index (κ1) is 15.1. The van der Waals surface area contributed by atoms with Crippen LogP contribution in [0.5, 0.6) is 0 Å². The Hall–Kier alpha value is -1.85. The summed E-state index contributed by atoms with van der Waals surface area (Å²) in [5, 5.41) is 4.47.